The molecule has 5 heteroatoms. The predicted molar refractivity (Wildman–Crippen MR) is 71.3 cm³/mol. The van der Waals surface area contributed by atoms with Gasteiger partial charge in [-0.15, -0.1) is 11.3 Å². The Morgan fingerprint density at radius 1 is 1.22 bits per heavy atom. The average Bonchev–Trinajstić information content (AvgIpc) is 2.76. The molecule has 1 atom stereocenters. The van der Waals surface area contributed by atoms with E-state index < -0.39 is 17.7 Å². The highest BCUT2D eigenvalue weighted by molar-refractivity contribution is 7.16. The molecule has 0 fully saturated rings. The summed E-state index contributed by atoms with van der Waals surface area (Å²) in [6.45, 7) is 1.62. The third-order valence-corrected chi connectivity index (χ3v) is 4.07. The molecule has 18 heavy (non-hydrogen) atoms. The van der Waals surface area contributed by atoms with E-state index >= 15 is 0 Å². The van der Waals surface area contributed by atoms with Crippen molar-refractivity contribution in [3.8, 4) is 0 Å². The molecule has 0 radical (unpaired) electrons. The Balaban J connectivity index is 2.55. The monoisotopic (exact) mass is 287 g/mol. The van der Waals surface area contributed by atoms with E-state index in [1.807, 2.05) is 0 Å². The van der Waals surface area contributed by atoms with Gasteiger partial charge in [0.1, 0.15) is 11.6 Å². The van der Waals surface area contributed by atoms with Crippen LogP contribution in [0.2, 0.25) is 4.34 Å². The quantitative estimate of drug-likeness (QED) is 0.888. The van der Waals surface area contributed by atoms with Gasteiger partial charge < -0.3 is 5.32 Å². The zero-order chi connectivity index (χ0) is 13.3. The van der Waals surface area contributed by atoms with Crippen molar-refractivity contribution in [2.45, 2.75) is 13.0 Å². The van der Waals surface area contributed by atoms with Crippen molar-refractivity contribution >= 4 is 22.9 Å². The van der Waals surface area contributed by atoms with Crippen LogP contribution in [0.1, 0.15) is 22.0 Å². The molecule has 2 rings (SSSR count). The summed E-state index contributed by atoms with van der Waals surface area (Å²) in [7, 11) is 1.67. The van der Waals surface area contributed by atoms with Crippen molar-refractivity contribution in [3.63, 3.8) is 0 Å². The van der Waals surface area contributed by atoms with E-state index in [2.05, 4.69) is 5.32 Å². The predicted octanol–water partition coefficient (Wildman–Crippen LogP) is 4.30. The Morgan fingerprint density at radius 3 is 2.50 bits per heavy atom. The number of hydrogen-bond donors (Lipinski definition) is 1. The van der Waals surface area contributed by atoms with Gasteiger partial charge in [-0.05, 0) is 37.7 Å². The summed E-state index contributed by atoms with van der Waals surface area (Å²) in [6, 6.07) is 5.69. The van der Waals surface area contributed by atoms with Gasteiger partial charge in [-0.2, -0.15) is 0 Å². The van der Waals surface area contributed by atoms with Gasteiger partial charge in [-0.1, -0.05) is 17.7 Å². The van der Waals surface area contributed by atoms with Crippen LogP contribution < -0.4 is 5.32 Å². The summed E-state index contributed by atoms with van der Waals surface area (Å²) < 4.78 is 28.5. The van der Waals surface area contributed by atoms with Gasteiger partial charge in [-0.3, -0.25) is 0 Å². The van der Waals surface area contributed by atoms with E-state index in [1.54, 1.807) is 26.1 Å². The van der Waals surface area contributed by atoms with Gasteiger partial charge in [0.2, 0.25) is 0 Å². The van der Waals surface area contributed by atoms with Crippen molar-refractivity contribution in [1.29, 1.82) is 0 Å². The van der Waals surface area contributed by atoms with Crippen LogP contribution in [0.5, 0.6) is 0 Å². The minimum Gasteiger partial charge on any atom is -0.308 e. The van der Waals surface area contributed by atoms with E-state index in [9.17, 15) is 8.78 Å². The summed E-state index contributed by atoms with van der Waals surface area (Å²) in [5.74, 6) is -1.07. The Kier molecular flexibility index (Phi) is 4.00. The van der Waals surface area contributed by atoms with Gasteiger partial charge in [0.25, 0.3) is 0 Å². The molecule has 0 aliphatic carbocycles. The Morgan fingerprint density at radius 2 is 1.94 bits per heavy atom. The van der Waals surface area contributed by atoms with Gasteiger partial charge in [0.15, 0.2) is 0 Å². The lowest BCUT2D eigenvalue weighted by atomic mass is 10.0. The minimum atomic E-state index is -0.554. The van der Waals surface area contributed by atoms with E-state index in [4.69, 9.17) is 11.6 Å². The Bertz CT molecular complexity index is 568. The maximum absolute atomic E-state index is 14.1. The van der Waals surface area contributed by atoms with Crippen LogP contribution in [0, 0.1) is 18.6 Å². The van der Waals surface area contributed by atoms with Crippen molar-refractivity contribution < 1.29 is 8.78 Å². The summed E-state index contributed by atoms with van der Waals surface area (Å²) in [6.07, 6.45) is 0. The molecular weight excluding hydrogens is 276 g/mol. The van der Waals surface area contributed by atoms with Crippen molar-refractivity contribution in [2.75, 3.05) is 7.05 Å². The second-order valence-corrected chi connectivity index (χ2v) is 5.70. The van der Waals surface area contributed by atoms with Crippen LogP contribution in [0.25, 0.3) is 0 Å². The van der Waals surface area contributed by atoms with Gasteiger partial charge in [0, 0.05) is 10.4 Å². The third kappa shape index (κ3) is 2.41. The first-order valence-electron chi connectivity index (χ1n) is 5.41. The average molecular weight is 288 g/mol. The molecule has 0 amide bonds. The molecule has 1 aromatic heterocycles. The molecule has 0 aliphatic heterocycles. The Labute approximate surface area is 113 Å². The van der Waals surface area contributed by atoms with E-state index in [0.717, 1.165) is 4.88 Å². The molecule has 0 spiro atoms. The molecule has 0 bridgehead atoms. The van der Waals surface area contributed by atoms with E-state index in [-0.39, 0.29) is 5.56 Å². The highest BCUT2D eigenvalue weighted by Crippen LogP contribution is 2.33. The molecule has 1 nitrogen and oxygen atoms in total. The van der Waals surface area contributed by atoms with Crippen LogP contribution >= 0.6 is 22.9 Å². The zero-order valence-corrected chi connectivity index (χ0v) is 11.5. The lowest BCUT2D eigenvalue weighted by Gasteiger charge is -2.17. The minimum absolute atomic E-state index is 0.0380. The zero-order valence-electron chi connectivity index (χ0n) is 9.93. The molecule has 1 unspecified atom stereocenters. The third-order valence-electron chi connectivity index (χ3n) is 2.78. The standard InChI is InChI=1S/C13H12ClF2NS/c1-7-3-4-8(15)11(12(7)16)13(17-2)9-5-6-10(14)18-9/h3-6,13,17H,1-2H3. The first-order chi connectivity index (χ1) is 8.54. The Hall–Kier alpha value is -0.970. The lowest BCUT2D eigenvalue weighted by molar-refractivity contribution is 0.520. The van der Waals surface area contributed by atoms with Crippen LogP contribution in [0.4, 0.5) is 8.78 Å². The molecule has 0 aliphatic rings. The maximum atomic E-state index is 14.1. The van der Waals surface area contributed by atoms with Crippen molar-refractivity contribution in [2.24, 2.45) is 0 Å². The second kappa shape index (κ2) is 5.34. The number of rotatable bonds is 3. The van der Waals surface area contributed by atoms with E-state index in [1.165, 1.54) is 23.5 Å². The van der Waals surface area contributed by atoms with Gasteiger partial charge >= 0.3 is 0 Å². The SMILES string of the molecule is CNC(c1ccc(Cl)s1)c1c(F)ccc(C)c1F. The van der Waals surface area contributed by atoms with Gasteiger partial charge in [0.05, 0.1) is 10.4 Å². The molecule has 96 valence electrons. The highest BCUT2D eigenvalue weighted by atomic mass is 35.5. The number of thiophene rings is 1. The highest BCUT2D eigenvalue weighted by Gasteiger charge is 2.23. The maximum Gasteiger partial charge on any atom is 0.134 e. The second-order valence-electron chi connectivity index (χ2n) is 3.96. The summed E-state index contributed by atoms with van der Waals surface area (Å²) in [5, 5.41) is 2.93. The number of hydrogen-bond acceptors (Lipinski definition) is 2. The van der Waals surface area contributed by atoms with Crippen LogP contribution in [-0.2, 0) is 0 Å². The topological polar surface area (TPSA) is 12.0 Å². The van der Waals surface area contributed by atoms with Crippen LogP contribution in [0.15, 0.2) is 24.3 Å². The number of benzene rings is 1. The molecule has 0 saturated carbocycles. The first kappa shape index (κ1) is 13.5. The molecule has 1 aromatic carbocycles. The fraction of sp³-hybridized carbons (Fsp3) is 0.231. The fourth-order valence-corrected chi connectivity index (χ4v) is 3.04. The summed E-state index contributed by atoms with van der Waals surface area (Å²) >= 11 is 7.17. The fourth-order valence-electron chi connectivity index (χ4n) is 1.86. The van der Waals surface area contributed by atoms with E-state index in [0.29, 0.717) is 9.90 Å². The molecule has 1 N–H and O–H groups in total. The molecule has 2 aromatic rings. The summed E-state index contributed by atoms with van der Waals surface area (Å²) in [5.41, 5.74) is 0.463. The summed E-state index contributed by atoms with van der Waals surface area (Å²) in [4.78, 5) is 0.783. The van der Waals surface area contributed by atoms with Gasteiger partial charge in [-0.25, -0.2) is 8.78 Å². The number of aryl methyl sites for hydroxylation is 1. The first-order valence-corrected chi connectivity index (χ1v) is 6.61. The van der Waals surface area contributed by atoms with Crippen LogP contribution in [-0.4, -0.2) is 7.05 Å². The lowest BCUT2D eigenvalue weighted by Crippen LogP contribution is -2.19. The van der Waals surface area contributed by atoms with Crippen LogP contribution in [0.3, 0.4) is 0 Å². The largest absolute Gasteiger partial charge is 0.308 e. The molecule has 0 saturated heterocycles. The van der Waals surface area contributed by atoms with Crippen molar-refractivity contribution in [3.05, 3.63) is 56.2 Å². The molecule has 1 heterocycles. The molecular formula is C13H12ClF2NS. The number of halogens is 3. The normalized spacial score (nSPS) is 12.7. The number of nitrogens with one attached hydrogen (secondary N) is 1. The smallest absolute Gasteiger partial charge is 0.134 e. The van der Waals surface area contributed by atoms with Crippen molar-refractivity contribution in [1.82, 2.24) is 5.32 Å².